The molecule has 0 aromatic carbocycles. The summed E-state index contributed by atoms with van der Waals surface area (Å²) in [5.41, 5.74) is 0. The van der Waals surface area contributed by atoms with Crippen LogP contribution in [0.15, 0.2) is 0 Å². The lowest BCUT2D eigenvalue weighted by Crippen LogP contribution is -2.36. The van der Waals surface area contributed by atoms with Gasteiger partial charge in [0, 0.05) is 39.3 Å². The Morgan fingerprint density at radius 1 is 0.625 bits per heavy atom. The molecule has 0 atom stereocenters. The van der Waals surface area contributed by atoms with Crippen LogP contribution in [0.2, 0.25) is 0 Å². The van der Waals surface area contributed by atoms with Gasteiger partial charge in [-0.15, -0.1) is 0 Å². The molecular weight excluding hydrogens is 200 g/mol. The Bertz CT molecular complexity index is 156. The predicted octanol–water partition coefficient (Wildman–Crippen LogP) is -0.225. The molecule has 1 N–H and O–H groups in total. The molecule has 0 amide bonds. The molecule has 0 aliphatic carbocycles. The third-order valence-electron chi connectivity index (χ3n) is 3.29. The van der Waals surface area contributed by atoms with E-state index in [4.69, 9.17) is 0 Å². The minimum atomic E-state index is 1.12. The van der Waals surface area contributed by atoms with Crippen LogP contribution >= 0.6 is 0 Å². The summed E-state index contributed by atoms with van der Waals surface area (Å²) in [5, 5.41) is 3.50. The molecule has 1 fully saturated rings. The smallest absolute Gasteiger partial charge is 0.0107 e. The van der Waals surface area contributed by atoms with Gasteiger partial charge in [0.2, 0.25) is 0 Å². The molecule has 4 heteroatoms. The topological polar surface area (TPSA) is 21.8 Å². The maximum atomic E-state index is 3.50. The summed E-state index contributed by atoms with van der Waals surface area (Å²) >= 11 is 0. The van der Waals surface area contributed by atoms with Crippen molar-refractivity contribution in [3.05, 3.63) is 0 Å². The molecule has 0 radical (unpaired) electrons. The van der Waals surface area contributed by atoms with E-state index >= 15 is 0 Å². The molecule has 1 aliphatic rings. The molecule has 0 saturated carbocycles. The van der Waals surface area contributed by atoms with E-state index in [1.165, 1.54) is 39.1 Å². The summed E-state index contributed by atoms with van der Waals surface area (Å²) in [6, 6.07) is 0. The van der Waals surface area contributed by atoms with Gasteiger partial charge in [-0.2, -0.15) is 0 Å². The fraction of sp³-hybridized carbons (Fsp3) is 1.00. The van der Waals surface area contributed by atoms with Gasteiger partial charge in [-0.1, -0.05) is 0 Å². The first-order valence-corrected chi connectivity index (χ1v) is 6.45. The van der Waals surface area contributed by atoms with E-state index in [1.54, 1.807) is 0 Å². The van der Waals surface area contributed by atoms with Crippen LogP contribution in [0.3, 0.4) is 0 Å². The molecule has 0 spiro atoms. The van der Waals surface area contributed by atoms with Crippen molar-refractivity contribution < 1.29 is 0 Å². The predicted molar refractivity (Wildman–Crippen MR) is 70.0 cm³/mol. The van der Waals surface area contributed by atoms with Crippen molar-refractivity contribution in [3.8, 4) is 0 Å². The summed E-state index contributed by atoms with van der Waals surface area (Å²) in [6.07, 6.45) is 1.25. The summed E-state index contributed by atoms with van der Waals surface area (Å²) in [5.74, 6) is 0. The van der Waals surface area contributed by atoms with Crippen LogP contribution < -0.4 is 5.32 Å². The van der Waals surface area contributed by atoms with Crippen molar-refractivity contribution in [2.24, 2.45) is 0 Å². The second kappa shape index (κ2) is 8.01. The van der Waals surface area contributed by atoms with Crippen LogP contribution in [-0.2, 0) is 0 Å². The van der Waals surface area contributed by atoms with Crippen LogP contribution in [0, 0.1) is 0 Å². The highest BCUT2D eigenvalue weighted by Crippen LogP contribution is 1.92. The quantitative estimate of drug-likeness (QED) is 0.618. The molecule has 96 valence electrons. The highest BCUT2D eigenvalue weighted by atomic mass is 15.2. The minimum absolute atomic E-state index is 1.12. The second-order valence-corrected chi connectivity index (χ2v) is 5.01. The zero-order valence-electron chi connectivity index (χ0n) is 11.2. The standard InChI is InChI=1S/C12H28N4/c1-14-7-4-5-13-6-8-15(2)10-12-16(3)11-9-14/h13H,4-12H2,1-3H3. The van der Waals surface area contributed by atoms with Crippen LogP contribution in [0.1, 0.15) is 6.42 Å². The van der Waals surface area contributed by atoms with Gasteiger partial charge in [0.1, 0.15) is 0 Å². The van der Waals surface area contributed by atoms with Gasteiger partial charge < -0.3 is 20.0 Å². The normalized spacial score (nSPS) is 25.7. The molecule has 0 bridgehead atoms. The molecule has 1 saturated heterocycles. The largest absolute Gasteiger partial charge is 0.315 e. The Balaban J connectivity index is 2.31. The van der Waals surface area contributed by atoms with E-state index in [9.17, 15) is 0 Å². The molecule has 0 aromatic rings. The Hall–Kier alpha value is -0.160. The van der Waals surface area contributed by atoms with Crippen LogP contribution in [0.5, 0.6) is 0 Å². The maximum Gasteiger partial charge on any atom is 0.0107 e. The zero-order valence-corrected chi connectivity index (χ0v) is 11.2. The van der Waals surface area contributed by atoms with E-state index in [-0.39, 0.29) is 0 Å². The number of rotatable bonds is 0. The van der Waals surface area contributed by atoms with Gasteiger partial charge in [-0.3, -0.25) is 0 Å². The number of hydrogen-bond donors (Lipinski definition) is 1. The molecule has 1 aliphatic heterocycles. The van der Waals surface area contributed by atoms with Crippen LogP contribution in [0.4, 0.5) is 0 Å². The second-order valence-electron chi connectivity index (χ2n) is 5.01. The van der Waals surface area contributed by atoms with E-state index in [1.807, 2.05) is 0 Å². The zero-order chi connectivity index (χ0) is 11.8. The first-order valence-electron chi connectivity index (χ1n) is 6.45. The first-order chi connectivity index (χ1) is 7.68. The fourth-order valence-electron chi connectivity index (χ4n) is 1.89. The van der Waals surface area contributed by atoms with Gasteiger partial charge in [-0.05, 0) is 40.7 Å². The van der Waals surface area contributed by atoms with Crippen molar-refractivity contribution in [2.45, 2.75) is 6.42 Å². The van der Waals surface area contributed by atoms with Gasteiger partial charge in [0.15, 0.2) is 0 Å². The SMILES string of the molecule is CN1CCCNCCN(C)CCN(C)CC1. The molecule has 4 nitrogen and oxygen atoms in total. The van der Waals surface area contributed by atoms with Gasteiger partial charge >= 0.3 is 0 Å². The average molecular weight is 228 g/mol. The summed E-state index contributed by atoms with van der Waals surface area (Å²) in [4.78, 5) is 7.27. The Labute approximate surface area is 101 Å². The number of hydrogen-bond acceptors (Lipinski definition) is 4. The fourth-order valence-corrected chi connectivity index (χ4v) is 1.89. The summed E-state index contributed by atoms with van der Waals surface area (Å²) < 4.78 is 0. The lowest BCUT2D eigenvalue weighted by Gasteiger charge is -2.23. The van der Waals surface area contributed by atoms with Crippen molar-refractivity contribution in [3.63, 3.8) is 0 Å². The summed E-state index contributed by atoms with van der Waals surface area (Å²) in [6.45, 7) is 9.32. The Kier molecular flexibility index (Phi) is 6.96. The van der Waals surface area contributed by atoms with E-state index in [0.717, 1.165) is 19.6 Å². The number of likely N-dealkylation sites (N-methyl/N-ethyl adjacent to an activating group) is 3. The van der Waals surface area contributed by atoms with Gasteiger partial charge in [0.05, 0.1) is 0 Å². The molecule has 0 aromatic heterocycles. The van der Waals surface area contributed by atoms with Gasteiger partial charge in [-0.25, -0.2) is 0 Å². The van der Waals surface area contributed by atoms with E-state index < -0.39 is 0 Å². The van der Waals surface area contributed by atoms with Crippen LogP contribution in [-0.4, -0.2) is 88.2 Å². The van der Waals surface area contributed by atoms with E-state index in [2.05, 4.69) is 41.2 Å². The number of nitrogens with zero attached hydrogens (tertiary/aromatic N) is 3. The van der Waals surface area contributed by atoms with E-state index in [0.29, 0.717) is 0 Å². The highest BCUT2D eigenvalue weighted by Gasteiger charge is 2.05. The third-order valence-corrected chi connectivity index (χ3v) is 3.29. The summed E-state index contributed by atoms with van der Waals surface area (Å²) in [7, 11) is 6.65. The van der Waals surface area contributed by atoms with Crippen molar-refractivity contribution in [2.75, 3.05) is 73.5 Å². The lowest BCUT2D eigenvalue weighted by atomic mass is 10.3. The number of nitrogens with one attached hydrogen (secondary N) is 1. The Morgan fingerprint density at radius 3 is 1.75 bits per heavy atom. The lowest BCUT2D eigenvalue weighted by molar-refractivity contribution is 0.230. The molecular formula is C12H28N4. The van der Waals surface area contributed by atoms with Crippen molar-refractivity contribution in [1.82, 2.24) is 20.0 Å². The third kappa shape index (κ3) is 6.43. The molecule has 1 rings (SSSR count). The van der Waals surface area contributed by atoms with Crippen LogP contribution in [0.25, 0.3) is 0 Å². The highest BCUT2D eigenvalue weighted by molar-refractivity contribution is 4.63. The van der Waals surface area contributed by atoms with Crippen molar-refractivity contribution >= 4 is 0 Å². The average Bonchev–Trinajstić information content (AvgIpc) is 2.28. The van der Waals surface area contributed by atoms with Gasteiger partial charge in [0.25, 0.3) is 0 Å². The maximum absolute atomic E-state index is 3.50. The molecule has 0 unspecified atom stereocenters. The minimum Gasteiger partial charge on any atom is -0.315 e. The molecule has 16 heavy (non-hydrogen) atoms. The first kappa shape index (κ1) is 13.9. The Morgan fingerprint density at radius 2 is 1.12 bits per heavy atom. The monoisotopic (exact) mass is 228 g/mol. The molecule has 1 heterocycles. The van der Waals surface area contributed by atoms with Crippen molar-refractivity contribution in [1.29, 1.82) is 0 Å².